The van der Waals surface area contributed by atoms with Crippen LogP contribution >= 0.6 is 31.9 Å². The molecule has 33 heavy (non-hydrogen) atoms. The molecular formula is C19H24Br2N2O10. The lowest BCUT2D eigenvalue weighted by Crippen LogP contribution is -2.34. The van der Waals surface area contributed by atoms with E-state index in [-0.39, 0.29) is 54.6 Å². The molecule has 184 valence electrons. The lowest BCUT2D eigenvalue weighted by molar-refractivity contribution is -0.198. The Morgan fingerprint density at radius 1 is 0.697 bits per heavy atom. The molecule has 2 aliphatic heterocycles. The molecule has 4 amide bonds. The van der Waals surface area contributed by atoms with E-state index in [0.29, 0.717) is 38.1 Å². The number of ether oxygens (including phenoxy) is 4. The first kappa shape index (κ1) is 27.5. The van der Waals surface area contributed by atoms with Crippen LogP contribution in [-0.4, -0.2) is 99.0 Å². The van der Waals surface area contributed by atoms with E-state index in [2.05, 4.69) is 31.9 Å². The van der Waals surface area contributed by atoms with Crippen LogP contribution in [0.3, 0.4) is 0 Å². The Balaban J connectivity index is 1.34. The van der Waals surface area contributed by atoms with Crippen molar-refractivity contribution in [2.75, 3.05) is 59.4 Å². The van der Waals surface area contributed by atoms with Gasteiger partial charge in [0, 0.05) is 12.8 Å². The number of rotatable bonds is 16. The van der Waals surface area contributed by atoms with Gasteiger partial charge in [0.05, 0.1) is 65.8 Å². The van der Waals surface area contributed by atoms with Gasteiger partial charge < -0.3 is 23.8 Å². The fraction of sp³-hybridized carbons (Fsp3) is 0.632. The monoisotopic (exact) mass is 598 g/mol. The van der Waals surface area contributed by atoms with Gasteiger partial charge in [-0.3, -0.25) is 24.1 Å². The summed E-state index contributed by atoms with van der Waals surface area (Å²) >= 11 is 6.11. The van der Waals surface area contributed by atoms with E-state index in [9.17, 15) is 24.0 Å². The number of hydrogen-bond donors (Lipinski definition) is 0. The van der Waals surface area contributed by atoms with E-state index in [1.807, 2.05) is 0 Å². The molecule has 0 aliphatic carbocycles. The number of carbonyl (C=O) groups excluding carboxylic acids is 5. The second-order valence-corrected chi connectivity index (χ2v) is 8.22. The van der Waals surface area contributed by atoms with Crippen molar-refractivity contribution >= 4 is 61.5 Å². The van der Waals surface area contributed by atoms with Crippen LogP contribution in [0.25, 0.3) is 0 Å². The quantitative estimate of drug-likeness (QED) is 0.181. The summed E-state index contributed by atoms with van der Waals surface area (Å²) in [6.07, 6.45) is 0.00785. The van der Waals surface area contributed by atoms with Crippen molar-refractivity contribution in [3.8, 4) is 0 Å². The zero-order valence-corrected chi connectivity index (χ0v) is 20.9. The second-order valence-electron chi connectivity index (χ2n) is 6.63. The normalized spacial score (nSPS) is 16.5. The number of amides is 4. The second kappa shape index (κ2) is 14.5. The van der Waals surface area contributed by atoms with Crippen molar-refractivity contribution in [3.05, 3.63) is 8.96 Å². The van der Waals surface area contributed by atoms with Gasteiger partial charge >= 0.3 is 5.97 Å². The first-order valence-electron chi connectivity index (χ1n) is 10.1. The molecule has 0 atom stereocenters. The molecule has 0 unspecified atom stereocenters. The number of hydroxylamine groups is 2. The van der Waals surface area contributed by atoms with Crippen LogP contribution in [0.2, 0.25) is 0 Å². The zero-order chi connectivity index (χ0) is 24.2. The molecule has 2 rings (SSSR count). The fourth-order valence-corrected chi connectivity index (χ4v) is 3.37. The van der Waals surface area contributed by atoms with Crippen molar-refractivity contribution in [2.45, 2.75) is 19.3 Å². The number of halogens is 2. The maximum atomic E-state index is 11.8. The van der Waals surface area contributed by atoms with Gasteiger partial charge in [-0.1, -0.05) is 0 Å². The zero-order valence-electron chi connectivity index (χ0n) is 17.7. The number of carbonyl (C=O) groups is 5. The van der Waals surface area contributed by atoms with Crippen molar-refractivity contribution in [1.82, 2.24) is 9.96 Å². The molecule has 2 aliphatic rings. The van der Waals surface area contributed by atoms with Gasteiger partial charge in [-0.15, -0.1) is 5.06 Å². The average molecular weight is 600 g/mol. The number of nitrogens with zero attached hydrogens (tertiary/aromatic N) is 2. The van der Waals surface area contributed by atoms with Crippen molar-refractivity contribution < 1.29 is 47.8 Å². The van der Waals surface area contributed by atoms with Crippen LogP contribution in [0.5, 0.6) is 0 Å². The van der Waals surface area contributed by atoms with E-state index in [4.69, 9.17) is 23.8 Å². The van der Waals surface area contributed by atoms with Gasteiger partial charge in [0.2, 0.25) is 0 Å². The molecule has 0 aromatic rings. The van der Waals surface area contributed by atoms with Crippen LogP contribution in [0.15, 0.2) is 8.96 Å². The maximum Gasteiger partial charge on any atom is 0.335 e. The predicted molar refractivity (Wildman–Crippen MR) is 117 cm³/mol. The summed E-state index contributed by atoms with van der Waals surface area (Å²) < 4.78 is 21.6. The van der Waals surface area contributed by atoms with Crippen LogP contribution in [-0.2, 0) is 47.8 Å². The van der Waals surface area contributed by atoms with Gasteiger partial charge in [0.1, 0.15) is 8.96 Å². The summed E-state index contributed by atoms with van der Waals surface area (Å²) in [5.74, 6) is -2.56. The minimum atomic E-state index is -0.717. The van der Waals surface area contributed by atoms with Gasteiger partial charge in [-0.05, 0) is 31.9 Å². The lowest BCUT2D eigenvalue weighted by atomic mass is 10.4. The molecule has 12 nitrogen and oxygen atoms in total. The molecule has 0 spiro atoms. The summed E-state index contributed by atoms with van der Waals surface area (Å²) in [7, 11) is 0. The molecule has 0 aromatic carbocycles. The number of imide groups is 2. The van der Waals surface area contributed by atoms with E-state index in [0.717, 1.165) is 4.90 Å². The Kier molecular flexibility index (Phi) is 12.1. The molecule has 0 aromatic heterocycles. The summed E-state index contributed by atoms with van der Waals surface area (Å²) in [4.78, 5) is 63.7. The highest BCUT2D eigenvalue weighted by molar-refractivity contribution is 9.14. The molecule has 1 saturated heterocycles. The van der Waals surface area contributed by atoms with E-state index < -0.39 is 29.6 Å². The third-order valence-electron chi connectivity index (χ3n) is 4.28. The Labute approximate surface area is 206 Å². The largest absolute Gasteiger partial charge is 0.378 e. The molecular weight excluding hydrogens is 576 g/mol. The summed E-state index contributed by atoms with van der Waals surface area (Å²) in [5.41, 5.74) is 0. The highest BCUT2D eigenvalue weighted by Crippen LogP contribution is 2.29. The minimum absolute atomic E-state index is 0.0499. The third kappa shape index (κ3) is 8.87. The van der Waals surface area contributed by atoms with Gasteiger partial charge in [-0.2, -0.15) is 0 Å². The molecule has 0 radical (unpaired) electrons. The van der Waals surface area contributed by atoms with E-state index in [1.54, 1.807) is 0 Å². The Morgan fingerprint density at radius 3 is 1.61 bits per heavy atom. The topological polar surface area (TPSA) is 138 Å². The summed E-state index contributed by atoms with van der Waals surface area (Å²) in [6.45, 7) is 2.31. The van der Waals surface area contributed by atoms with Gasteiger partial charge in [-0.25, -0.2) is 4.79 Å². The molecule has 2 heterocycles. The van der Waals surface area contributed by atoms with Crippen LogP contribution in [0, 0.1) is 0 Å². The maximum absolute atomic E-state index is 11.8. The average Bonchev–Trinajstić information content (AvgIpc) is 3.20. The Bertz CT molecular complexity index is 749. The third-order valence-corrected chi connectivity index (χ3v) is 6.29. The van der Waals surface area contributed by atoms with Crippen molar-refractivity contribution in [3.63, 3.8) is 0 Å². The summed E-state index contributed by atoms with van der Waals surface area (Å²) in [6, 6.07) is 0. The molecule has 14 heteroatoms. The SMILES string of the molecule is O=C(CCOCCOCCOCCOCCN1C(=O)C(Br)=C(Br)C1=O)ON1C(=O)CCC1=O. The minimum Gasteiger partial charge on any atom is -0.378 e. The van der Waals surface area contributed by atoms with Crippen LogP contribution in [0.4, 0.5) is 0 Å². The molecule has 0 N–H and O–H groups in total. The molecule has 0 saturated carbocycles. The van der Waals surface area contributed by atoms with Crippen molar-refractivity contribution in [2.24, 2.45) is 0 Å². The van der Waals surface area contributed by atoms with Gasteiger partial charge in [0.15, 0.2) is 0 Å². The highest BCUT2D eigenvalue weighted by atomic mass is 79.9. The highest BCUT2D eigenvalue weighted by Gasteiger charge is 2.35. The fourth-order valence-electron chi connectivity index (χ4n) is 2.60. The Morgan fingerprint density at radius 2 is 1.12 bits per heavy atom. The van der Waals surface area contributed by atoms with Crippen molar-refractivity contribution in [1.29, 1.82) is 0 Å². The first-order valence-corrected chi connectivity index (χ1v) is 11.7. The molecule has 1 fully saturated rings. The van der Waals surface area contributed by atoms with E-state index in [1.165, 1.54) is 0 Å². The smallest absolute Gasteiger partial charge is 0.335 e. The lowest BCUT2D eigenvalue weighted by Gasteiger charge is -2.14. The standard InChI is InChI=1S/C19H24Br2N2O10/c20-16-17(21)19(28)22(18(16)27)4-6-30-8-10-32-12-11-31-9-7-29-5-3-15(26)33-23-13(24)1-2-14(23)25/h1-12H2. The van der Waals surface area contributed by atoms with Crippen LogP contribution in [0.1, 0.15) is 19.3 Å². The Hall–Kier alpha value is -1.71. The first-order chi connectivity index (χ1) is 15.8. The van der Waals surface area contributed by atoms with Gasteiger partial charge in [0.25, 0.3) is 23.6 Å². The summed E-state index contributed by atoms with van der Waals surface area (Å²) in [5, 5.41) is 0.502. The van der Waals surface area contributed by atoms with Crippen LogP contribution < -0.4 is 0 Å². The molecule has 0 bridgehead atoms. The predicted octanol–water partition coefficient (Wildman–Crippen LogP) is 0.420. The van der Waals surface area contributed by atoms with E-state index >= 15 is 0 Å². The number of hydrogen-bond acceptors (Lipinski definition) is 10.